The molecule has 2 heterocycles. The summed E-state index contributed by atoms with van der Waals surface area (Å²) in [6.45, 7) is 3.26. The first-order valence-corrected chi connectivity index (χ1v) is 12.8. The number of carboxylic acid groups (broad SMARTS) is 1. The molecule has 5 aromatic rings. The zero-order chi connectivity index (χ0) is 28.4. The molecule has 0 unspecified atom stereocenters. The average Bonchev–Trinajstić information content (AvgIpc) is 3.50. The fourth-order valence-corrected chi connectivity index (χ4v) is 5.62. The van der Waals surface area contributed by atoms with E-state index in [9.17, 15) is 23.1 Å². The topological polar surface area (TPSA) is 89.5 Å². The van der Waals surface area contributed by atoms with E-state index in [1.165, 1.54) is 19.1 Å². The van der Waals surface area contributed by atoms with Gasteiger partial charge in [-0.3, -0.25) is 4.57 Å². The van der Waals surface area contributed by atoms with Crippen molar-refractivity contribution in [1.82, 2.24) is 9.72 Å². The molecule has 0 radical (unpaired) electrons. The van der Waals surface area contributed by atoms with Crippen LogP contribution in [0.2, 0.25) is 5.02 Å². The predicted molar refractivity (Wildman–Crippen MR) is 139 cm³/mol. The molecule has 6 rings (SSSR count). The summed E-state index contributed by atoms with van der Waals surface area (Å²) in [6, 6.07) is 16.4. The number of hydrogen-bond acceptors (Lipinski definition) is 6. The van der Waals surface area contributed by atoms with E-state index >= 15 is 0 Å². The number of carbonyl (C=O) groups excluding carboxylic acids is 1. The summed E-state index contributed by atoms with van der Waals surface area (Å²) >= 11 is 6.13. The van der Waals surface area contributed by atoms with Gasteiger partial charge in [0.1, 0.15) is 17.6 Å². The van der Waals surface area contributed by atoms with Gasteiger partial charge in [0, 0.05) is 27.6 Å². The van der Waals surface area contributed by atoms with Crippen molar-refractivity contribution >= 4 is 39.4 Å². The molecule has 1 saturated carbocycles. The van der Waals surface area contributed by atoms with Gasteiger partial charge in [-0.2, -0.15) is 0 Å². The maximum atomic E-state index is 13.2. The summed E-state index contributed by atoms with van der Waals surface area (Å²) in [5.74, 6) is -0.863. The minimum Gasteiger partial charge on any atom is -0.546 e. The molecule has 0 aliphatic heterocycles. The van der Waals surface area contributed by atoms with E-state index < -0.39 is 23.9 Å². The molecular formula is C29H21ClF3N2NaO5. The van der Waals surface area contributed by atoms with Crippen LogP contribution in [0.1, 0.15) is 36.6 Å². The second-order valence-corrected chi connectivity index (χ2v) is 10.3. The average molecular weight is 593 g/mol. The number of rotatable bonds is 7. The van der Waals surface area contributed by atoms with Crippen LogP contribution in [0.5, 0.6) is 11.5 Å². The monoisotopic (exact) mass is 592 g/mol. The normalized spacial score (nSPS) is 15.0. The third-order valence-corrected chi connectivity index (χ3v) is 7.53. The van der Waals surface area contributed by atoms with Crippen LogP contribution in [-0.4, -0.2) is 28.2 Å². The quantitative estimate of drug-likeness (QED) is 0.270. The number of carbonyl (C=O) groups is 1. The fourth-order valence-electron chi connectivity index (χ4n) is 5.46. The molecule has 0 spiro atoms. The van der Waals surface area contributed by atoms with E-state index in [0.29, 0.717) is 51.3 Å². The third-order valence-electron chi connectivity index (χ3n) is 7.30. The minimum atomic E-state index is -4.86. The Hall–Kier alpha value is -3.18. The van der Waals surface area contributed by atoms with Gasteiger partial charge in [0.05, 0.1) is 16.9 Å². The van der Waals surface area contributed by atoms with Crippen LogP contribution >= 0.6 is 11.6 Å². The van der Waals surface area contributed by atoms with Gasteiger partial charge >= 0.3 is 35.9 Å². The molecule has 7 nitrogen and oxygen atoms in total. The Balaban J connectivity index is 0.00000337. The fraction of sp³-hybridized carbons (Fsp3) is 0.241. The van der Waals surface area contributed by atoms with Gasteiger partial charge in [0.2, 0.25) is 0 Å². The number of aliphatic carboxylic acids is 1. The number of alkyl halides is 3. The first kappa shape index (κ1) is 29.3. The third kappa shape index (κ3) is 5.30. The first-order valence-electron chi connectivity index (χ1n) is 12.4. The summed E-state index contributed by atoms with van der Waals surface area (Å²) in [5, 5.41) is 17.2. The van der Waals surface area contributed by atoms with Crippen LogP contribution in [0.3, 0.4) is 0 Å². The van der Waals surface area contributed by atoms with Crippen molar-refractivity contribution in [2.24, 2.45) is 0 Å². The maximum absolute atomic E-state index is 13.2. The van der Waals surface area contributed by atoms with Crippen molar-refractivity contribution in [2.75, 3.05) is 0 Å². The zero-order valence-electron chi connectivity index (χ0n) is 22.2. The zero-order valence-corrected chi connectivity index (χ0v) is 25.0. The van der Waals surface area contributed by atoms with Gasteiger partial charge in [-0.15, -0.1) is 13.2 Å². The number of nitrogens with zero attached hydrogens (tertiary/aromatic N) is 2. The Morgan fingerprint density at radius 2 is 1.85 bits per heavy atom. The van der Waals surface area contributed by atoms with E-state index in [1.54, 1.807) is 42.5 Å². The molecule has 12 heteroatoms. The summed E-state index contributed by atoms with van der Waals surface area (Å²) in [6.07, 6.45) is -4.59. The number of hydrogen-bond donors (Lipinski definition) is 0. The molecule has 1 aliphatic rings. The number of benzene rings is 3. The Labute approximate surface area is 259 Å². The van der Waals surface area contributed by atoms with Crippen molar-refractivity contribution < 1.29 is 66.6 Å². The maximum Gasteiger partial charge on any atom is 1.00 e. The molecule has 0 bridgehead atoms. The molecule has 0 N–H and O–H groups in total. The Bertz CT molecular complexity index is 1790. The Morgan fingerprint density at radius 3 is 2.54 bits per heavy atom. The van der Waals surface area contributed by atoms with Gasteiger partial charge in [-0.05, 0) is 80.3 Å². The molecule has 0 saturated heterocycles. The van der Waals surface area contributed by atoms with Crippen molar-refractivity contribution in [3.63, 3.8) is 0 Å². The number of ether oxygens (including phenoxy) is 2. The van der Waals surface area contributed by atoms with Crippen molar-refractivity contribution in [3.8, 4) is 17.3 Å². The van der Waals surface area contributed by atoms with Crippen molar-refractivity contribution in [3.05, 3.63) is 82.5 Å². The molecule has 41 heavy (non-hydrogen) atoms. The van der Waals surface area contributed by atoms with E-state index in [4.69, 9.17) is 20.9 Å². The van der Waals surface area contributed by atoms with Crippen LogP contribution in [0, 0.1) is 6.92 Å². The van der Waals surface area contributed by atoms with Gasteiger partial charge in [-0.25, -0.2) is 0 Å². The van der Waals surface area contributed by atoms with Gasteiger partial charge in [-0.1, -0.05) is 28.9 Å². The van der Waals surface area contributed by atoms with Gasteiger partial charge in [0.25, 0.3) is 0 Å². The summed E-state index contributed by atoms with van der Waals surface area (Å²) in [4.78, 5) is 11.2. The standard InChI is InChI=1S/C29H22ClF3N2O5.Na/c1-15-25(28(10-11-28)17-4-3-5-19(12-17)38-16(2)27(36)37)22-14-20(39-29(31,32)33)7-9-23(22)35(15)26-21-8-6-18(30)13-24(21)40-34-26;/h3-9,12-14,16H,10-11H2,1-2H3,(H,36,37);/q;+1/p-1/t16-;/m0./s1. The number of carboxylic acids is 1. The summed E-state index contributed by atoms with van der Waals surface area (Å²) in [7, 11) is 0. The smallest absolute Gasteiger partial charge is 0.546 e. The number of aromatic nitrogens is 2. The summed E-state index contributed by atoms with van der Waals surface area (Å²) in [5.41, 5.74) is 2.95. The molecule has 1 atom stereocenters. The minimum absolute atomic E-state index is 0. The van der Waals surface area contributed by atoms with Gasteiger partial charge in [0.15, 0.2) is 11.4 Å². The Kier molecular flexibility index (Phi) is 7.57. The van der Waals surface area contributed by atoms with Crippen LogP contribution in [0.15, 0.2) is 65.2 Å². The molecule has 0 amide bonds. The molecule has 206 valence electrons. The van der Waals surface area contributed by atoms with Crippen LogP contribution < -0.4 is 44.1 Å². The van der Waals surface area contributed by atoms with Crippen molar-refractivity contribution in [1.29, 1.82) is 0 Å². The predicted octanol–water partition coefficient (Wildman–Crippen LogP) is 3.23. The second kappa shape index (κ2) is 10.6. The largest absolute Gasteiger partial charge is 1.00 e. The summed E-state index contributed by atoms with van der Waals surface area (Å²) < 4.78 is 56.7. The molecule has 1 aliphatic carbocycles. The second-order valence-electron chi connectivity index (χ2n) is 9.86. The van der Waals surface area contributed by atoms with E-state index in [1.807, 2.05) is 17.6 Å². The molecule has 2 aromatic heterocycles. The van der Waals surface area contributed by atoms with Crippen molar-refractivity contribution in [2.45, 2.75) is 44.6 Å². The SMILES string of the molecule is Cc1c(C2(c3cccc(O[C@@H](C)C(=O)[O-])c3)CC2)c2cc(OC(F)(F)F)ccc2n1-c1noc2cc(Cl)ccc12.[Na+]. The van der Waals surface area contributed by atoms with Crippen LogP contribution in [0.25, 0.3) is 27.7 Å². The number of halogens is 4. The number of fused-ring (bicyclic) bond motifs is 2. The molecular weight excluding hydrogens is 572 g/mol. The van der Waals surface area contributed by atoms with Crippen LogP contribution in [0.4, 0.5) is 13.2 Å². The van der Waals surface area contributed by atoms with Gasteiger partial charge < -0.3 is 23.9 Å². The van der Waals surface area contributed by atoms with E-state index in [0.717, 1.165) is 16.8 Å². The van der Waals surface area contributed by atoms with Crippen LogP contribution in [-0.2, 0) is 10.2 Å². The first-order chi connectivity index (χ1) is 19.0. The van der Waals surface area contributed by atoms with E-state index in [-0.39, 0.29) is 35.3 Å². The van der Waals surface area contributed by atoms with E-state index in [2.05, 4.69) is 9.89 Å². The Morgan fingerprint density at radius 1 is 1.10 bits per heavy atom. The molecule has 3 aromatic carbocycles. The molecule has 1 fully saturated rings.